The van der Waals surface area contributed by atoms with Crippen LogP contribution in [0.1, 0.15) is 43.8 Å². The van der Waals surface area contributed by atoms with Gasteiger partial charge in [0.05, 0.1) is 24.8 Å². The van der Waals surface area contributed by atoms with Gasteiger partial charge < -0.3 is 14.8 Å². The van der Waals surface area contributed by atoms with E-state index in [1.807, 2.05) is 18.2 Å². The minimum Gasteiger partial charge on any atom is -0.497 e. The molecular weight excluding hydrogens is 430 g/mol. The van der Waals surface area contributed by atoms with Crippen molar-refractivity contribution in [3.8, 4) is 5.75 Å². The molecule has 1 aliphatic carbocycles. The molecule has 3 aromatic rings. The molecule has 0 aliphatic heterocycles. The van der Waals surface area contributed by atoms with Crippen LogP contribution in [0.4, 0.5) is 5.00 Å². The number of carbonyl (C=O) groups is 2. The lowest BCUT2D eigenvalue weighted by Crippen LogP contribution is -2.15. The molecule has 0 bridgehead atoms. The van der Waals surface area contributed by atoms with Crippen molar-refractivity contribution in [2.24, 2.45) is 5.92 Å². The van der Waals surface area contributed by atoms with E-state index in [2.05, 4.69) is 12.2 Å². The molecule has 0 saturated heterocycles. The Morgan fingerprint density at radius 1 is 1.24 bits per heavy atom. The summed E-state index contributed by atoms with van der Waals surface area (Å²) in [4.78, 5) is 27.0. The number of hydrogen-bond acceptors (Lipinski definition) is 6. The number of ether oxygens (including phenoxy) is 2. The number of rotatable bonds is 4. The first-order valence-corrected chi connectivity index (χ1v) is 11.2. The third-order valence-corrected chi connectivity index (χ3v) is 8.01. The summed E-state index contributed by atoms with van der Waals surface area (Å²) in [6.45, 7) is 2.20. The second kappa shape index (κ2) is 7.97. The highest BCUT2D eigenvalue weighted by molar-refractivity contribution is 7.22. The number of carbonyl (C=O) groups excluding carboxylic acids is 2. The summed E-state index contributed by atoms with van der Waals surface area (Å²) in [6.07, 6.45) is 2.74. The van der Waals surface area contributed by atoms with Crippen molar-refractivity contribution in [1.82, 2.24) is 0 Å². The molecule has 4 rings (SSSR count). The zero-order valence-electron chi connectivity index (χ0n) is 16.3. The molecule has 1 aromatic carbocycles. The van der Waals surface area contributed by atoms with E-state index in [0.717, 1.165) is 39.8 Å². The average Bonchev–Trinajstić information content (AvgIpc) is 3.23. The number of thiophene rings is 2. The fraction of sp³-hybridized carbons (Fsp3) is 0.333. The van der Waals surface area contributed by atoms with Crippen molar-refractivity contribution in [3.05, 3.63) is 44.1 Å². The molecule has 1 unspecified atom stereocenters. The van der Waals surface area contributed by atoms with E-state index in [0.29, 0.717) is 32.1 Å². The fourth-order valence-electron chi connectivity index (χ4n) is 3.64. The SMILES string of the molecule is COC(=O)c1c(NC(=O)c2sc3ccc(OC)cc3c2Cl)sc2c1CCC(C)C2. The summed E-state index contributed by atoms with van der Waals surface area (Å²) in [5.41, 5.74) is 1.48. The highest BCUT2D eigenvalue weighted by Gasteiger charge is 2.29. The fourth-order valence-corrected chi connectivity index (χ4v) is 6.41. The number of nitrogens with one attached hydrogen (secondary N) is 1. The second-order valence-corrected chi connectivity index (χ2v) is 9.64. The van der Waals surface area contributed by atoms with Gasteiger partial charge in [-0.1, -0.05) is 18.5 Å². The number of esters is 1. The summed E-state index contributed by atoms with van der Waals surface area (Å²) in [7, 11) is 2.95. The Balaban J connectivity index is 1.71. The monoisotopic (exact) mass is 449 g/mol. The van der Waals surface area contributed by atoms with Crippen LogP contribution < -0.4 is 10.1 Å². The van der Waals surface area contributed by atoms with E-state index in [1.165, 1.54) is 29.8 Å². The van der Waals surface area contributed by atoms with Crippen LogP contribution in [-0.2, 0) is 17.6 Å². The van der Waals surface area contributed by atoms with Gasteiger partial charge in [-0.05, 0) is 48.9 Å². The lowest BCUT2D eigenvalue weighted by Gasteiger charge is -2.18. The van der Waals surface area contributed by atoms with E-state index in [1.54, 1.807) is 7.11 Å². The van der Waals surface area contributed by atoms with Crippen LogP contribution in [0.15, 0.2) is 18.2 Å². The first-order chi connectivity index (χ1) is 13.9. The van der Waals surface area contributed by atoms with E-state index in [-0.39, 0.29) is 5.91 Å². The van der Waals surface area contributed by atoms with Gasteiger partial charge in [-0.3, -0.25) is 4.79 Å². The number of methoxy groups -OCH3 is 2. The highest BCUT2D eigenvalue weighted by Crippen LogP contribution is 2.42. The third kappa shape index (κ3) is 3.63. The van der Waals surface area contributed by atoms with Gasteiger partial charge in [0.2, 0.25) is 0 Å². The van der Waals surface area contributed by atoms with Crippen molar-refractivity contribution in [3.63, 3.8) is 0 Å². The summed E-state index contributed by atoms with van der Waals surface area (Å²) < 4.78 is 11.1. The summed E-state index contributed by atoms with van der Waals surface area (Å²) in [5, 5.41) is 4.61. The van der Waals surface area contributed by atoms with Crippen LogP contribution in [-0.4, -0.2) is 26.1 Å². The molecular formula is C21H20ClNO4S2. The molecule has 2 aromatic heterocycles. The Kier molecular flexibility index (Phi) is 5.55. The maximum Gasteiger partial charge on any atom is 0.341 e. The molecule has 152 valence electrons. The van der Waals surface area contributed by atoms with Crippen molar-refractivity contribution in [2.75, 3.05) is 19.5 Å². The molecule has 1 amide bonds. The molecule has 5 nitrogen and oxygen atoms in total. The summed E-state index contributed by atoms with van der Waals surface area (Å²) in [5.74, 6) is 0.492. The van der Waals surface area contributed by atoms with Crippen LogP contribution in [0.2, 0.25) is 5.02 Å². The Hall–Kier alpha value is -2.09. The predicted molar refractivity (Wildman–Crippen MR) is 118 cm³/mol. The minimum atomic E-state index is -0.417. The van der Waals surface area contributed by atoms with Gasteiger partial charge in [-0.25, -0.2) is 4.79 Å². The first kappa shape index (κ1) is 20.2. The Morgan fingerprint density at radius 3 is 2.76 bits per heavy atom. The van der Waals surface area contributed by atoms with Gasteiger partial charge in [0.1, 0.15) is 15.6 Å². The number of anilines is 1. The van der Waals surface area contributed by atoms with Gasteiger partial charge >= 0.3 is 5.97 Å². The Morgan fingerprint density at radius 2 is 2.03 bits per heavy atom. The molecule has 1 N–H and O–H groups in total. The topological polar surface area (TPSA) is 64.6 Å². The Labute approximate surface area is 181 Å². The summed E-state index contributed by atoms with van der Waals surface area (Å²) in [6, 6.07) is 5.53. The van der Waals surface area contributed by atoms with Crippen LogP contribution in [0, 0.1) is 5.92 Å². The second-order valence-electron chi connectivity index (χ2n) is 7.11. The number of halogens is 1. The summed E-state index contributed by atoms with van der Waals surface area (Å²) >= 11 is 9.28. The molecule has 0 spiro atoms. The normalized spacial score (nSPS) is 15.8. The quantitative estimate of drug-likeness (QED) is 0.512. The molecule has 0 fully saturated rings. The number of hydrogen-bond donors (Lipinski definition) is 1. The molecule has 2 heterocycles. The zero-order valence-corrected chi connectivity index (χ0v) is 18.6. The van der Waals surface area contributed by atoms with Crippen molar-refractivity contribution in [1.29, 1.82) is 0 Å². The standard InChI is InChI=1S/C21H20ClNO4S2/c1-10-4-6-12-15(8-10)29-20(16(12)21(25)27-3)23-19(24)18-17(22)13-9-11(26-2)5-7-14(13)28-18/h5,7,9-10H,4,6,8H2,1-3H3,(H,23,24). The van der Waals surface area contributed by atoms with Gasteiger partial charge in [0.15, 0.2) is 0 Å². The lowest BCUT2D eigenvalue weighted by molar-refractivity contribution is 0.0601. The minimum absolute atomic E-state index is 0.327. The van der Waals surface area contributed by atoms with Crippen molar-refractivity contribution in [2.45, 2.75) is 26.2 Å². The number of amides is 1. The van der Waals surface area contributed by atoms with Gasteiger partial charge in [-0.15, -0.1) is 22.7 Å². The van der Waals surface area contributed by atoms with Crippen LogP contribution in [0.3, 0.4) is 0 Å². The Bertz CT molecular complexity index is 1120. The van der Waals surface area contributed by atoms with Gasteiger partial charge in [0, 0.05) is 15.0 Å². The highest BCUT2D eigenvalue weighted by atomic mass is 35.5. The molecule has 0 saturated carbocycles. The smallest absolute Gasteiger partial charge is 0.341 e. The maximum atomic E-state index is 13.0. The largest absolute Gasteiger partial charge is 0.497 e. The van der Waals surface area contributed by atoms with E-state index >= 15 is 0 Å². The average molecular weight is 450 g/mol. The molecule has 1 atom stereocenters. The van der Waals surface area contributed by atoms with Crippen LogP contribution >= 0.6 is 34.3 Å². The van der Waals surface area contributed by atoms with Crippen LogP contribution in [0.5, 0.6) is 5.75 Å². The number of benzene rings is 1. The van der Waals surface area contributed by atoms with Crippen molar-refractivity contribution >= 4 is 61.2 Å². The molecule has 29 heavy (non-hydrogen) atoms. The van der Waals surface area contributed by atoms with E-state index < -0.39 is 5.97 Å². The first-order valence-electron chi connectivity index (χ1n) is 9.23. The van der Waals surface area contributed by atoms with Gasteiger partial charge in [0.25, 0.3) is 5.91 Å². The molecule has 1 aliphatic rings. The molecule has 0 radical (unpaired) electrons. The van der Waals surface area contributed by atoms with Gasteiger partial charge in [-0.2, -0.15) is 0 Å². The molecule has 8 heteroatoms. The van der Waals surface area contributed by atoms with Crippen LogP contribution in [0.25, 0.3) is 10.1 Å². The predicted octanol–water partition coefficient (Wildman–Crippen LogP) is 5.79. The van der Waals surface area contributed by atoms with Crippen molar-refractivity contribution < 1.29 is 19.1 Å². The van der Waals surface area contributed by atoms with E-state index in [4.69, 9.17) is 21.1 Å². The lowest BCUT2D eigenvalue weighted by atomic mass is 9.88. The maximum absolute atomic E-state index is 13.0. The van der Waals surface area contributed by atoms with E-state index in [9.17, 15) is 9.59 Å². The third-order valence-electron chi connectivity index (χ3n) is 5.17. The number of fused-ring (bicyclic) bond motifs is 2. The zero-order chi connectivity index (χ0) is 20.7.